The first-order chi connectivity index (χ1) is 13.9. The van der Waals surface area contributed by atoms with Crippen molar-refractivity contribution in [2.24, 2.45) is 5.92 Å². The topological polar surface area (TPSA) is 93.4 Å². The lowest BCUT2D eigenvalue weighted by atomic mass is 9.87. The molecule has 0 aromatic carbocycles. The van der Waals surface area contributed by atoms with Crippen molar-refractivity contribution in [1.29, 1.82) is 0 Å². The average Bonchev–Trinajstić information content (AvgIpc) is 2.72. The van der Waals surface area contributed by atoms with Crippen LogP contribution in [0.2, 0.25) is 0 Å². The summed E-state index contributed by atoms with van der Waals surface area (Å²) in [5.74, 6) is 0.823. The second-order valence-electron chi connectivity index (χ2n) is 8.77. The van der Waals surface area contributed by atoms with E-state index in [4.69, 9.17) is 10.5 Å². The van der Waals surface area contributed by atoms with Crippen molar-refractivity contribution in [2.75, 3.05) is 25.4 Å². The summed E-state index contributed by atoms with van der Waals surface area (Å²) in [6.45, 7) is 8.68. The van der Waals surface area contributed by atoms with Gasteiger partial charge in [0.15, 0.2) is 6.10 Å². The largest absolute Gasteiger partial charge is 0.450 e. The molecule has 3 rings (SSSR count). The Labute approximate surface area is 174 Å². The van der Waals surface area contributed by atoms with Crippen LogP contribution in [0.25, 0.3) is 0 Å². The second-order valence-corrected chi connectivity index (χ2v) is 8.77. The van der Waals surface area contributed by atoms with Gasteiger partial charge in [-0.3, -0.25) is 4.79 Å². The van der Waals surface area contributed by atoms with E-state index >= 15 is 0 Å². The smallest absolute Gasteiger partial charge is 0.317 e. The number of hydrogen-bond donors (Lipinski definition) is 2. The van der Waals surface area contributed by atoms with E-state index in [9.17, 15) is 4.79 Å². The van der Waals surface area contributed by atoms with Crippen LogP contribution in [0.1, 0.15) is 69.7 Å². The normalized spacial score (nSPS) is 20.4. The maximum absolute atomic E-state index is 12.5. The third-order valence-electron chi connectivity index (χ3n) is 6.47. The number of anilines is 1. The number of piperidine rings is 1. The zero-order valence-electron chi connectivity index (χ0n) is 18.2. The number of aromatic nitrogens is 2. The minimum atomic E-state index is -0.637. The molecule has 0 radical (unpaired) electrons. The molecule has 1 atom stereocenters. The molecule has 7 nitrogen and oxygen atoms in total. The van der Waals surface area contributed by atoms with Crippen molar-refractivity contribution < 1.29 is 9.53 Å². The van der Waals surface area contributed by atoms with Gasteiger partial charge in [-0.05, 0) is 52.5 Å². The van der Waals surface area contributed by atoms with Crippen LogP contribution < -0.4 is 15.8 Å². The van der Waals surface area contributed by atoms with Gasteiger partial charge in [-0.15, -0.1) is 0 Å². The minimum Gasteiger partial charge on any atom is -0.450 e. The molecule has 1 aromatic rings. The van der Waals surface area contributed by atoms with Crippen LogP contribution in [0.15, 0.2) is 0 Å². The highest BCUT2D eigenvalue weighted by molar-refractivity contribution is 5.80. The molecule has 2 fully saturated rings. The molecule has 1 aliphatic heterocycles. The highest BCUT2D eigenvalue weighted by Crippen LogP contribution is 2.27. The number of ether oxygens (including phenoxy) is 1. The molecular formula is C22H37N5O2. The number of carbonyl (C=O) groups excluding carboxylic acids is 1. The molecule has 1 aromatic heterocycles. The lowest BCUT2D eigenvalue weighted by Crippen LogP contribution is -2.48. The summed E-state index contributed by atoms with van der Waals surface area (Å²) in [4.78, 5) is 23.5. The van der Waals surface area contributed by atoms with Crippen molar-refractivity contribution >= 4 is 11.6 Å². The van der Waals surface area contributed by atoms with E-state index in [1.54, 1.807) is 6.92 Å². The monoisotopic (exact) mass is 403 g/mol. The predicted molar refractivity (Wildman–Crippen MR) is 115 cm³/mol. The molecule has 1 unspecified atom stereocenters. The first-order valence-electron chi connectivity index (χ1n) is 11.2. The fourth-order valence-corrected chi connectivity index (χ4v) is 4.42. The van der Waals surface area contributed by atoms with Gasteiger partial charge >= 0.3 is 6.01 Å². The number of aryl methyl sites for hydroxylation is 2. The van der Waals surface area contributed by atoms with E-state index in [1.807, 2.05) is 13.8 Å². The van der Waals surface area contributed by atoms with E-state index < -0.39 is 6.10 Å². The molecule has 2 aliphatic rings. The molecule has 1 amide bonds. The van der Waals surface area contributed by atoms with Crippen molar-refractivity contribution in [3.8, 4) is 6.01 Å². The Kier molecular flexibility index (Phi) is 7.70. The number of nitrogen functional groups attached to an aromatic ring is 1. The highest BCUT2D eigenvalue weighted by Gasteiger charge is 2.25. The molecule has 162 valence electrons. The third-order valence-corrected chi connectivity index (χ3v) is 6.47. The van der Waals surface area contributed by atoms with Crippen molar-refractivity contribution in [1.82, 2.24) is 20.2 Å². The van der Waals surface area contributed by atoms with Crippen LogP contribution >= 0.6 is 0 Å². The number of nitrogens with zero attached hydrogens (tertiary/aromatic N) is 3. The summed E-state index contributed by atoms with van der Waals surface area (Å²) >= 11 is 0. The van der Waals surface area contributed by atoms with Crippen LogP contribution in [0.3, 0.4) is 0 Å². The highest BCUT2D eigenvalue weighted by atomic mass is 16.5. The summed E-state index contributed by atoms with van der Waals surface area (Å²) in [5.41, 5.74) is 7.77. The fourth-order valence-electron chi connectivity index (χ4n) is 4.42. The Balaban J connectivity index is 1.38. The number of likely N-dealkylation sites (tertiary alicyclic amines) is 1. The standard InChI is InChI=1S/C22H37N5O2/c1-15-20(23)16(2)25-22(24-15)29-17(3)21(28)26-19-10-13-27(14-11-19)12-9-18-7-5-4-6-8-18/h17-19H,4-14,23H2,1-3H3,(H,26,28). The number of carbonyl (C=O) groups is 1. The van der Waals surface area contributed by atoms with Gasteiger partial charge in [-0.2, -0.15) is 9.97 Å². The van der Waals surface area contributed by atoms with E-state index in [0.717, 1.165) is 31.8 Å². The number of rotatable bonds is 7. The molecule has 1 saturated carbocycles. The Morgan fingerprint density at radius 3 is 2.38 bits per heavy atom. The summed E-state index contributed by atoms with van der Waals surface area (Å²) in [6.07, 6.45) is 9.79. The lowest BCUT2D eigenvalue weighted by Gasteiger charge is -2.34. The summed E-state index contributed by atoms with van der Waals surface area (Å²) < 4.78 is 5.66. The van der Waals surface area contributed by atoms with Gasteiger partial charge in [0.05, 0.1) is 17.1 Å². The molecule has 29 heavy (non-hydrogen) atoms. The molecular weight excluding hydrogens is 366 g/mol. The van der Waals surface area contributed by atoms with Crippen LogP contribution in [-0.2, 0) is 4.79 Å². The molecule has 0 bridgehead atoms. The first-order valence-corrected chi connectivity index (χ1v) is 11.2. The Hall–Kier alpha value is -1.89. The minimum absolute atomic E-state index is 0.110. The number of nitrogens with one attached hydrogen (secondary N) is 1. The van der Waals surface area contributed by atoms with Gasteiger partial charge < -0.3 is 20.7 Å². The van der Waals surface area contributed by atoms with E-state index in [0.29, 0.717) is 17.1 Å². The zero-order valence-corrected chi connectivity index (χ0v) is 18.2. The molecule has 0 spiro atoms. The number of hydrogen-bond acceptors (Lipinski definition) is 6. The second kappa shape index (κ2) is 10.2. The Morgan fingerprint density at radius 2 is 1.76 bits per heavy atom. The summed E-state index contributed by atoms with van der Waals surface area (Å²) in [5, 5.41) is 3.13. The van der Waals surface area contributed by atoms with Crippen molar-refractivity contribution in [2.45, 2.75) is 84.3 Å². The Bertz CT molecular complexity index is 659. The average molecular weight is 404 g/mol. The first kappa shape index (κ1) is 21.8. The van der Waals surface area contributed by atoms with Gasteiger partial charge in [-0.1, -0.05) is 32.1 Å². The van der Waals surface area contributed by atoms with Crippen LogP contribution in [-0.4, -0.2) is 52.6 Å². The molecule has 1 aliphatic carbocycles. The fraction of sp³-hybridized carbons (Fsp3) is 0.773. The van der Waals surface area contributed by atoms with Crippen molar-refractivity contribution in [3.05, 3.63) is 11.4 Å². The van der Waals surface area contributed by atoms with E-state index in [1.165, 1.54) is 45.1 Å². The van der Waals surface area contributed by atoms with Gasteiger partial charge in [0.25, 0.3) is 5.91 Å². The molecule has 7 heteroatoms. The molecule has 1 saturated heterocycles. The lowest BCUT2D eigenvalue weighted by molar-refractivity contribution is -0.128. The number of nitrogens with two attached hydrogens (primary N) is 1. The van der Waals surface area contributed by atoms with Gasteiger partial charge in [0, 0.05) is 19.1 Å². The van der Waals surface area contributed by atoms with Crippen molar-refractivity contribution in [3.63, 3.8) is 0 Å². The van der Waals surface area contributed by atoms with Crippen LogP contribution in [0.5, 0.6) is 6.01 Å². The predicted octanol–water partition coefficient (Wildman–Crippen LogP) is 2.99. The quantitative estimate of drug-likeness (QED) is 0.727. The van der Waals surface area contributed by atoms with Crippen LogP contribution in [0, 0.1) is 19.8 Å². The van der Waals surface area contributed by atoms with Gasteiger partial charge in [0.2, 0.25) is 0 Å². The van der Waals surface area contributed by atoms with Crippen LogP contribution in [0.4, 0.5) is 5.69 Å². The SMILES string of the molecule is Cc1nc(OC(C)C(=O)NC2CCN(CCC3CCCCC3)CC2)nc(C)c1N. The molecule has 3 N–H and O–H groups in total. The Morgan fingerprint density at radius 1 is 1.14 bits per heavy atom. The maximum Gasteiger partial charge on any atom is 0.317 e. The third kappa shape index (κ3) is 6.29. The van der Waals surface area contributed by atoms with E-state index in [2.05, 4.69) is 20.2 Å². The van der Waals surface area contributed by atoms with Gasteiger partial charge in [-0.25, -0.2) is 0 Å². The van der Waals surface area contributed by atoms with E-state index in [-0.39, 0.29) is 18.0 Å². The molecule has 2 heterocycles. The summed E-state index contributed by atoms with van der Waals surface area (Å²) in [6, 6.07) is 0.421. The summed E-state index contributed by atoms with van der Waals surface area (Å²) in [7, 11) is 0. The van der Waals surface area contributed by atoms with Gasteiger partial charge in [0.1, 0.15) is 0 Å². The zero-order chi connectivity index (χ0) is 20.8. The number of amides is 1. The maximum atomic E-state index is 12.5.